The summed E-state index contributed by atoms with van der Waals surface area (Å²) in [7, 11) is 1.93. The van der Waals surface area contributed by atoms with Crippen molar-refractivity contribution in [2.75, 3.05) is 39.5 Å². The lowest BCUT2D eigenvalue weighted by Crippen LogP contribution is -2.55. The Morgan fingerprint density at radius 1 is 1.41 bits per heavy atom. The number of allylic oxidation sites excluding steroid dienone is 1. The highest BCUT2D eigenvalue weighted by Gasteiger charge is 2.35. The van der Waals surface area contributed by atoms with Crippen LogP contribution >= 0.6 is 11.9 Å². The van der Waals surface area contributed by atoms with Crippen LogP contribution < -0.4 is 5.32 Å². The normalized spacial score (nSPS) is 20.0. The van der Waals surface area contributed by atoms with E-state index in [0.29, 0.717) is 5.92 Å². The van der Waals surface area contributed by atoms with Crippen LogP contribution in [0.3, 0.4) is 0 Å². The third-order valence-corrected chi connectivity index (χ3v) is 6.28. The zero-order chi connectivity index (χ0) is 20.8. The summed E-state index contributed by atoms with van der Waals surface area (Å²) in [6.45, 7) is 9.76. The third-order valence-electron chi connectivity index (χ3n) is 5.43. The molecule has 1 rings (SSSR count). The Morgan fingerprint density at radius 2 is 2.04 bits per heavy atom. The van der Waals surface area contributed by atoms with E-state index in [9.17, 15) is 15.0 Å². The molecule has 1 atom stereocenters. The minimum Gasteiger partial charge on any atom is -0.494 e. The Labute approximate surface area is 167 Å². The number of likely N-dealkylation sites (N-methyl/N-ethyl adjacent to an activating group) is 1. The first-order valence-corrected chi connectivity index (χ1v) is 10.5. The number of carbonyl (C=O) groups is 1. The number of rotatable bonds is 9. The van der Waals surface area contributed by atoms with Crippen molar-refractivity contribution < 1.29 is 15.0 Å². The molecule has 0 spiro atoms. The van der Waals surface area contributed by atoms with E-state index in [0.717, 1.165) is 32.5 Å². The van der Waals surface area contributed by atoms with Gasteiger partial charge in [0.2, 0.25) is 5.91 Å². The first kappa shape index (κ1) is 23.9. The van der Waals surface area contributed by atoms with Crippen molar-refractivity contribution >= 4 is 23.6 Å². The highest BCUT2D eigenvalue weighted by molar-refractivity contribution is 7.96. The van der Waals surface area contributed by atoms with Gasteiger partial charge in [-0.15, -0.1) is 0 Å². The number of amides is 1. The number of aliphatic hydroxyl groups excluding tert-OH is 2. The van der Waals surface area contributed by atoms with Crippen LogP contribution in [0.15, 0.2) is 12.0 Å². The molecular formula is C19H36N4O3S. The molecule has 1 fully saturated rings. The smallest absolute Gasteiger partial charge is 0.246 e. The van der Waals surface area contributed by atoms with Crippen LogP contribution in [0.5, 0.6) is 0 Å². The molecule has 0 radical (unpaired) electrons. The molecule has 8 heteroatoms. The largest absolute Gasteiger partial charge is 0.494 e. The number of nitrogens with zero attached hydrogens (tertiary/aromatic N) is 2. The zero-order valence-electron chi connectivity index (χ0n) is 17.5. The van der Waals surface area contributed by atoms with Crippen molar-refractivity contribution in [3.8, 4) is 0 Å². The average molecular weight is 401 g/mol. The quantitative estimate of drug-likeness (QED) is 0.269. The van der Waals surface area contributed by atoms with Crippen molar-refractivity contribution in [2.45, 2.75) is 46.1 Å². The van der Waals surface area contributed by atoms with Gasteiger partial charge in [-0.25, -0.2) is 0 Å². The second-order valence-corrected chi connectivity index (χ2v) is 9.34. The van der Waals surface area contributed by atoms with E-state index in [2.05, 4.69) is 15.9 Å². The highest BCUT2D eigenvalue weighted by Crippen LogP contribution is 2.24. The second kappa shape index (κ2) is 9.91. The van der Waals surface area contributed by atoms with Gasteiger partial charge in [0.25, 0.3) is 0 Å². The van der Waals surface area contributed by atoms with Gasteiger partial charge in [-0.1, -0.05) is 25.8 Å². The number of carbonyl (C=O) groups excluding carboxylic acids is 1. The van der Waals surface area contributed by atoms with Crippen molar-refractivity contribution in [2.24, 2.45) is 11.3 Å². The molecule has 1 saturated heterocycles. The summed E-state index contributed by atoms with van der Waals surface area (Å²) in [5, 5.41) is 29.8. The lowest BCUT2D eigenvalue weighted by Gasteiger charge is -2.39. The van der Waals surface area contributed by atoms with E-state index in [1.807, 2.05) is 25.8 Å². The molecule has 1 heterocycles. The van der Waals surface area contributed by atoms with Crippen molar-refractivity contribution in [1.29, 1.82) is 5.41 Å². The van der Waals surface area contributed by atoms with Gasteiger partial charge in [-0.2, -0.15) is 0 Å². The minimum absolute atomic E-state index is 0.0494. The summed E-state index contributed by atoms with van der Waals surface area (Å²) in [5.41, 5.74) is -1.54. The van der Waals surface area contributed by atoms with E-state index >= 15 is 0 Å². The Hall–Kier alpha value is -1.09. The number of nitrogens with one attached hydrogen (secondary N) is 2. The van der Waals surface area contributed by atoms with Crippen LogP contribution in [0.25, 0.3) is 0 Å². The Bertz CT molecular complexity index is 563. The molecule has 1 amide bonds. The summed E-state index contributed by atoms with van der Waals surface area (Å²) in [4.78, 5) is 14.7. The van der Waals surface area contributed by atoms with Crippen LogP contribution in [0, 0.1) is 16.7 Å². The summed E-state index contributed by atoms with van der Waals surface area (Å²) in [6, 6.07) is 0. The van der Waals surface area contributed by atoms with Crippen LogP contribution in [-0.2, 0) is 4.79 Å². The van der Waals surface area contributed by atoms with Crippen LogP contribution in [0.1, 0.15) is 40.5 Å². The maximum Gasteiger partial charge on any atom is 0.246 e. The van der Waals surface area contributed by atoms with Gasteiger partial charge >= 0.3 is 0 Å². The van der Waals surface area contributed by atoms with Gasteiger partial charge in [0.05, 0.1) is 12.1 Å². The maximum atomic E-state index is 12.7. The molecule has 0 saturated carbocycles. The maximum absolute atomic E-state index is 12.7. The Balaban J connectivity index is 2.69. The van der Waals surface area contributed by atoms with Crippen molar-refractivity contribution in [3.05, 3.63) is 12.0 Å². The summed E-state index contributed by atoms with van der Waals surface area (Å²) >= 11 is 1.77. The van der Waals surface area contributed by atoms with Crippen LogP contribution in [-0.4, -0.2) is 76.1 Å². The summed E-state index contributed by atoms with van der Waals surface area (Å²) < 4.78 is 2.36. The fourth-order valence-corrected chi connectivity index (χ4v) is 3.52. The number of hydrogen-bond acceptors (Lipinski definition) is 7. The molecule has 0 aromatic heterocycles. The molecule has 4 N–H and O–H groups in total. The van der Waals surface area contributed by atoms with E-state index in [1.54, 1.807) is 25.8 Å². The zero-order valence-corrected chi connectivity index (χ0v) is 18.3. The van der Waals surface area contributed by atoms with E-state index in [4.69, 9.17) is 5.41 Å². The van der Waals surface area contributed by atoms with Gasteiger partial charge in [0.1, 0.15) is 0 Å². The molecule has 0 unspecified atom stereocenters. The molecule has 0 aromatic carbocycles. The standard InChI is InChI=1S/C19H36N4O3S/c1-18(2,13-24)15(20)10-16(25)21-17(26)19(3,4)22(5)11-14-8-7-9-23(12-14)27-6/h10,14,20,24-25H,7-9,11-13H2,1-6H3,(H,21,26)/b16-10-,20-15?/t14-/m0/s1. The topological polar surface area (TPSA) is 99.9 Å². The van der Waals surface area contributed by atoms with Gasteiger partial charge in [0.15, 0.2) is 5.88 Å². The molecule has 27 heavy (non-hydrogen) atoms. The summed E-state index contributed by atoms with van der Waals surface area (Å²) in [6.07, 6.45) is 5.59. The van der Waals surface area contributed by atoms with Crippen LogP contribution in [0.4, 0.5) is 0 Å². The lowest BCUT2D eigenvalue weighted by atomic mass is 9.88. The van der Waals surface area contributed by atoms with Crippen molar-refractivity contribution in [1.82, 2.24) is 14.5 Å². The average Bonchev–Trinajstić information content (AvgIpc) is 2.61. The molecule has 1 aliphatic heterocycles. The second-order valence-electron chi connectivity index (χ2n) is 8.46. The molecule has 0 aliphatic carbocycles. The van der Waals surface area contributed by atoms with E-state index in [1.165, 1.54) is 6.08 Å². The van der Waals surface area contributed by atoms with E-state index < -0.39 is 11.0 Å². The molecule has 0 bridgehead atoms. The highest BCUT2D eigenvalue weighted by atomic mass is 32.2. The number of piperidine rings is 1. The summed E-state index contributed by atoms with van der Waals surface area (Å²) in [5.74, 6) is -0.198. The molecule has 1 aliphatic rings. The van der Waals surface area contributed by atoms with Gasteiger partial charge < -0.3 is 15.6 Å². The molecule has 156 valence electrons. The SMILES string of the molecule is CSN1CCC[C@@H](CN(C)C(C)(C)C(=O)N/C(O)=C/C(=N)C(C)(C)CO)C1. The Morgan fingerprint density at radius 3 is 2.59 bits per heavy atom. The number of aliphatic hydroxyl groups is 2. The first-order chi connectivity index (χ1) is 12.4. The van der Waals surface area contributed by atoms with Crippen molar-refractivity contribution in [3.63, 3.8) is 0 Å². The van der Waals surface area contributed by atoms with E-state index in [-0.39, 0.29) is 24.1 Å². The molecule has 7 nitrogen and oxygen atoms in total. The predicted molar refractivity (Wildman–Crippen MR) is 112 cm³/mol. The van der Waals surface area contributed by atoms with Gasteiger partial charge in [-0.3, -0.25) is 19.3 Å². The first-order valence-electron chi connectivity index (χ1n) is 9.36. The Kier molecular flexibility index (Phi) is 8.79. The fraction of sp³-hybridized carbons (Fsp3) is 0.789. The van der Waals surface area contributed by atoms with Gasteiger partial charge in [0, 0.05) is 36.8 Å². The number of hydrogen-bond donors (Lipinski definition) is 4. The van der Waals surface area contributed by atoms with Gasteiger partial charge in [-0.05, 0) is 45.9 Å². The minimum atomic E-state index is -0.807. The fourth-order valence-electron chi connectivity index (χ4n) is 2.85. The molecule has 0 aromatic rings. The predicted octanol–water partition coefficient (Wildman–Crippen LogP) is 2.24. The lowest BCUT2D eigenvalue weighted by molar-refractivity contribution is -0.131. The molecular weight excluding hydrogens is 364 g/mol. The monoisotopic (exact) mass is 400 g/mol. The van der Waals surface area contributed by atoms with Crippen LogP contribution in [0.2, 0.25) is 0 Å². The third kappa shape index (κ3) is 6.78.